The number of carbonyl (C=O) groups is 1. The summed E-state index contributed by atoms with van der Waals surface area (Å²) in [7, 11) is 0. The first-order chi connectivity index (χ1) is 14.5. The standard InChI is InChI=1S/C22H27FN4O3/c1-2-25-22(27-13-18-14-29-19-5-3-4-6-20(19)30-18)26-12-16(21(24)28)11-15-7-9-17(23)10-8-15/h3-10,16,18H,2,11-14H2,1H3,(H2,24,28)(H2,25,26,27). The lowest BCUT2D eigenvalue weighted by Gasteiger charge is -2.27. The maximum Gasteiger partial charge on any atom is 0.222 e. The van der Waals surface area contributed by atoms with Crippen LogP contribution >= 0.6 is 0 Å². The number of primary amides is 1. The number of hydrogen-bond acceptors (Lipinski definition) is 4. The number of amides is 1. The summed E-state index contributed by atoms with van der Waals surface area (Å²) in [6.45, 7) is 3.75. The molecule has 0 saturated carbocycles. The van der Waals surface area contributed by atoms with Crippen LogP contribution in [-0.2, 0) is 11.2 Å². The molecule has 7 nitrogen and oxygen atoms in total. The molecule has 160 valence electrons. The average Bonchev–Trinajstić information content (AvgIpc) is 2.75. The van der Waals surface area contributed by atoms with E-state index in [4.69, 9.17) is 15.2 Å². The molecule has 2 aromatic rings. The number of aliphatic imine (C=N–C) groups is 1. The van der Waals surface area contributed by atoms with Crippen molar-refractivity contribution in [3.05, 3.63) is 59.9 Å². The molecule has 0 aliphatic carbocycles. The smallest absolute Gasteiger partial charge is 0.222 e. The number of para-hydroxylation sites is 2. The van der Waals surface area contributed by atoms with Crippen molar-refractivity contribution in [2.45, 2.75) is 19.4 Å². The van der Waals surface area contributed by atoms with Gasteiger partial charge in [0.1, 0.15) is 18.5 Å². The summed E-state index contributed by atoms with van der Waals surface area (Å²) in [5.41, 5.74) is 6.38. The predicted octanol–water partition coefficient (Wildman–Crippen LogP) is 1.86. The van der Waals surface area contributed by atoms with Crippen LogP contribution in [0.5, 0.6) is 11.5 Å². The van der Waals surface area contributed by atoms with Crippen LogP contribution in [-0.4, -0.2) is 44.2 Å². The molecule has 30 heavy (non-hydrogen) atoms. The number of fused-ring (bicyclic) bond motifs is 1. The fourth-order valence-electron chi connectivity index (χ4n) is 3.08. The van der Waals surface area contributed by atoms with E-state index in [2.05, 4.69) is 15.6 Å². The van der Waals surface area contributed by atoms with Gasteiger partial charge in [-0.1, -0.05) is 24.3 Å². The number of benzene rings is 2. The zero-order chi connectivity index (χ0) is 21.3. The summed E-state index contributed by atoms with van der Waals surface area (Å²) in [6, 6.07) is 13.6. The van der Waals surface area contributed by atoms with Gasteiger partial charge in [-0.15, -0.1) is 0 Å². The van der Waals surface area contributed by atoms with Gasteiger partial charge >= 0.3 is 0 Å². The van der Waals surface area contributed by atoms with E-state index >= 15 is 0 Å². The lowest BCUT2D eigenvalue weighted by atomic mass is 9.99. The highest BCUT2D eigenvalue weighted by Crippen LogP contribution is 2.30. The van der Waals surface area contributed by atoms with Gasteiger partial charge in [-0.25, -0.2) is 4.39 Å². The Hall–Kier alpha value is -3.29. The Morgan fingerprint density at radius 2 is 1.93 bits per heavy atom. The molecule has 0 radical (unpaired) electrons. The number of nitrogens with zero attached hydrogens (tertiary/aromatic N) is 1. The fourth-order valence-corrected chi connectivity index (χ4v) is 3.08. The number of carbonyl (C=O) groups excluding carboxylic acids is 1. The van der Waals surface area contributed by atoms with Gasteiger partial charge in [0.2, 0.25) is 5.91 Å². The first kappa shape index (κ1) is 21.4. The Morgan fingerprint density at radius 3 is 2.63 bits per heavy atom. The third-order valence-corrected chi connectivity index (χ3v) is 4.68. The Morgan fingerprint density at radius 1 is 1.20 bits per heavy atom. The van der Waals surface area contributed by atoms with Gasteiger partial charge in [0, 0.05) is 6.54 Å². The van der Waals surface area contributed by atoms with Crippen LogP contribution in [0.3, 0.4) is 0 Å². The van der Waals surface area contributed by atoms with Gasteiger partial charge < -0.3 is 25.8 Å². The maximum absolute atomic E-state index is 13.1. The molecular weight excluding hydrogens is 387 g/mol. The first-order valence-corrected chi connectivity index (χ1v) is 9.99. The highest BCUT2D eigenvalue weighted by molar-refractivity contribution is 5.81. The lowest BCUT2D eigenvalue weighted by molar-refractivity contribution is -0.121. The van der Waals surface area contributed by atoms with Gasteiger partial charge in [-0.2, -0.15) is 0 Å². The molecule has 0 saturated heterocycles. The summed E-state index contributed by atoms with van der Waals surface area (Å²) in [4.78, 5) is 16.4. The minimum atomic E-state index is -0.493. The van der Waals surface area contributed by atoms with Crippen molar-refractivity contribution < 1.29 is 18.7 Å². The Bertz CT molecular complexity index is 873. The minimum absolute atomic E-state index is 0.171. The minimum Gasteiger partial charge on any atom is -0.486 e. The molecule has 4 N–H and O–H groups in total. The first-order valence-electron chi connectivity index (χ1n) is 9.99. The number of rotatable bonds is 8. The third kappa shape index (κ3) is 6.10. The van der Waals surface area contributed by atoms with E-state index in [0.717, 1.165) is 11.3 Å². The third-order valence-electron chi connectivity index (χ3n) is 4.68. The zero-order valence-electron chi connectivity index (χ0n) is 16.9. The van der Waals surface area contributed by atoms with Crippen molar-refractivity contribution in [2.75, 3.05) is 26.2 Å². The van der Waals surface area contributed by atoms with E-state index in [1.165, 1.54) is 12.1 Å². The monoisotopic (exact) mass is 414 g/mol. The van der Waals surface area contributed by atoms with E-state index in [9.17, 15) is 9.18 Å². The number of hydrogen-bond donors (Lipinski definition) is 3. The molecule has 1 aliphatic heterocycles. The van der Waals surface area contributed by atoms with Crippen LogP contribution in [0.1, 0.15) is 12.5 Å². The number of nitrogens with two attached hydrogens (primary N) is 1. The van der Waals surface area contributed by atoms with Crippen molar-refractivity contribution in [2.24, 2.45) is 16.6 Å². The summed E-state index contributed by atoms with van der Waals surface area (Å²) < 4.78 is 24.8. The quantitative estimate of drug-likeness (QED) is 0.453. The van der Waals surface area contributed by atoms with Crippen molar-refractivity contribution in [3.63, 3.8) is 0 Å². The second-order valence-electron chi connectivity index (χ2n) is 7.03. The van der Waals surface area contributed by atoms with Crippen molar-refractivity contribution >= 4 is 11.9 Å². The van der Waals surface area contributed by atoms with Crippen LogP contribution in [0.25, 0.3) is 0 Å². The highest BCUT2D eigenvalue weighted by Gasteiger charge is 2.21. The molecule has 0 bridgehead atoms. The van der Waals surface area contributed by atoms with Crippen molar-refractivity contribution in [1.29, 1.82) is 0 Å². The largest absolute Gasteiger partial charge is 0.486 e. The van der Waals surface area contributed by atoms with E-state index < -0.39 is 11.8 Å². The molecule has 1 heterocycles. The van der Waals surface area contributed by atoms with E-state index in [1.807, 2.05) is 31.2 Å². The molecule has 2 unspecified atom stereocenters. The van der Waals surface area contributed by atoms with Crippen molar-refractivity contribution in [3.8, 4) is 11.5 Å². The number of nitrogens with one attached hydrogen (secondary N) is 2. The molecule has 2 atom stereocenters. The van der Waals surface area contributed by atoms with Crippen molar-refractivity contribution in [1.82, 2.24) is 10.6 Å². The SMILES string of the molecule is CCNC(=NCC(Cc1ccc(F)cc1)C(N)=O)NCC1COc2ccccc2O1. The molecule has 1 amide bonds. The van der Waals surface area contributed by atoms with Crippen LogP contribution in [0.15, 0.2) is 53.5 Å². The van der Waals surface area contributed by atoms with E-state index in [1.54, 1.807) is 12.1 Å². The molecule has 8 heteroatoms. The molecule has 2 aromatic carbocycles. The maximum atomic E-state index is 13.1. The Kier molecular flexibility index (Phi) is 7.48. The Labute approximate surface area is 175 Å². The van der Waals surface area contributed by atoms with Crippen LogP contribution in [0.2, 0.25) is 0 Å². The van der Waals surface area contributed by atoms with Crippen LogP contribution in [0, 0.1) is 11.7 Å². The van der Waals surface area contributed by atoms with E-state index in [-0.39, 0.29) is 18.5 Å². The van der Waals surface area contributed by atoms with Gasteiger partial charge in [0.05, 0.1) is 19.0 Å². The molecule has 0 spiro atoms. The van der Waals surface area contributed by atoms with Gasteiger partial charge in [-0.05, 0) is 43.2 Å². The van der Waals surface area contributed by atoms with Gasteiger partial charge in [-0.3, -0.25) is 9.79 Å². The topological polar surface area (TPSA) is 98.0 Å². The molecule has 0 fully saturated rings. The van der Waals surface area contributed by atoms with Crippen LogP contribution in [0.4, 0.5) is 4.39 Å². The fraction of sp³-hybridized carbons (Fsp3) is 0.364. The molecule has 0 aromatic heterocycles. The van der Waals surface area contributed by atoms with Crippen LogP contribution < -0.4 is 25.8 Å². The predicted molar refractivity (Wildman–Crippen MR) is 113 cm³/mol. The molecule has 3 rings (SSSR count). The summed E-state index contributed by atoms with van der Waals surface area (Å²) in [6.07, 6.45) is 0.226. The zero-order valence-corrected chi connectivity index (χ0v) is 16.9. The van der Waals surface area contributed by atoms with Gasteiger partial charge in [0.25, 0.3) is 0 Å². The summed E-state index contributed by atoms with van der Waals surface area (Å²) in [5.74, 6) is 0.754. The normalized spacial score (nSPS) is 16.6. The molecule has 1 aliphatic rings. The highest BCUT2D eigenvalue weighted by atomic mass is 19.1. The lowest BCUT2D eigenvalue weighted by Crippen LogP contribution is -2.45. The van der Waals surface area contributed by atoms with Gasteiger partial charge in [0.15, 0.2) is 17.5 Å². The molecular formula is C22H27FN4O3. The number of halogens is 1. The second kappa shape index (κ2) is 10.5. The number of guanidine groups is 1. The average molecular weight is 414 g/mol. The summed E-state index contributed by atoms with van der Waals surface area (Å²) in [5, 5.41) is 6.37. The summed E-state index contributed by atoms with van der Waals surface area (Å²) >= 11 is 0. The Balaban J connectivity index is 1.57. The number of ether oxygens (including phenoxy) is 2. The van der Waals surface area contributed by atoms with E-state index in [0.29, 0.717) is 37.8 Å². The second-order valence-corrected chi connectivity index (χ2v) is 7.03.